The molecular weight excluding hydrogens is 488 g/mol. The summed E-state index contributed by atoms with van der Waals surface area (Å²) in [7, 11) is 1.55. The molecular formula is C25H30N2O10. The van der Waals surface area contributed by atoms with Gasteiger partial charge >= 0.3 is 0 Å². The number of aliphatic hydroxyl groups is 4. The summed E-state index contributed by atoms with van der Waals surface area (Å²) >= 11 is 0. The Kier molecular flexibility index (Phi) is 7.04. The quantitative estimate of drug-likeness (QED) is 0.139. The fraction of sp³-hybridized carbons (Fsp3) is 0.480. The molecule has 8 N–H and O–H groups in total. The highest BCUT2D eigenvalue weighted by molar-refractivity contribution is 6.23. The number of anilines is 1. The third-order valence-corrected chi connectivity index (χ3v) is 7.49. The maximum absolute atomic E-state index is 13.6. The number of hydrogen-bond donors (Lipinski definition) is 7. The monoisotopic (exact) mass is 518 g/mol. The average Bonchev–Trinajstić information content (AvgIpc) is 2.84. The van der Waals surface area contributed by atoms with E-state index in [0.29, 0.717) is 31.9 Å². The van der Waals surface area contributed by atoms with E-state index in [2.05, 4.69) is 5.32 Å². The van der Waals surface area contributed by atoms with Crippen molar-refractivity contribution in [2.75, 3.05) is 38.8 Å². The number of nitrogens with two attached hydrogens (primary N) is 1. The van der Waals surface area contributed by atoms with Crippen LogP contribution in [0.4, 0.5) is 5.69 Å². The van der Waals surface area contributed by atoms with Gasteiger partial charge in [-0.25, -0.2) is 0 Å². The van der Waals surface area contributed by atoms with Crippen LogP contribution in [0.5, 0.6) is 5.75 Å². The molecule has 0 heterocycles. The van der Waals surface area contributed by atoms with E-state index in [0.717, 1.165) is 0 Å². The van der Waals surface area contributed by atoms with Crippen LogP contribution in [0, 0.1) is 11.8 Å². The molecule has 0 radical (unpaired) electrons. The van der Waals surface area contributed by atoms with Crippen LogP contribution in [0.1, 0.15) is 30.4 Å². The molecule has 12 nitrogen and oxygen atoms in total. The van der Waals surface area contributed by atoms with Crippen LogP contribution < -0.4 is 11.1 Å². The third kappa shape index (κ3) is 3.96. The minimum absolute atomic E-state index is 0.0721. The number of fused-ring (bicyclic) bond motifs is 3. The number of primary amides is 1. The van der Waals surface area contributed by atoms with Crippen molar-refractivity contribution in [3.8, 4) is 5.75 Å². The predicted octanol–water partition coefficient (Wildman–Crippen LogP) is 0.0306. The average molecular weight is 519 g/mol. The van der Waals surface area contributed by atoms with Crippen LogP contribution in [0.2, 0.25) is 0 Å². The number of aliphatic hydroxyl groups excluding tert-OH is 3. The normalized spacial score (nSPS) is 29.1. The van der Waals surface area contributed by atoms with E-state index in [9.17, 15) is 39.9 Å². The fourth-order valence-corrected chi connectivity index (χ4v) is 5.64. The van der Waals surface area contributed by atoms with Gasteiger partial charge in [0.25, 0.3) is 5.91 Å². The predicted molar refractivity (Wildman–Crippen MR) is 129 cm³/mol. The van der Waals surface area contributed by atoms with Gasteiger partial charge in [-0.3, -0.25) is 14.4 Å². The number of ketones is 2. The van der Waals surface area contributed by atoms with Crippen LogP contribution in [-0.4, -0.2) is 88.2 Å². The van der Waals surface area contributed by atoms with Crippen LogP contribution in [0.15, 0.2) is 29.0 Å². The number of carbonyl (C=O) groups is 3. The summed E-state index contributed by atoms with van der Waals surface area (Å²) in [5.74, 6) is -8.91. The Balaban J connectivity index is 1.77. The van der Waals surface area contributed by atoms with E-state index in [1.807, 2.05) is 0 Å². The summed E-state index contributed by atoms with van der Waals surface area (Å²) in [5.41, 5.74) is 1.58. The molecule has 5 unspecified atom stereocenters. The van der Waals surface area contributed by atoms with Crippen molar-refractivity contribution in [1.82, 2.24) is 0 Å². The van der Waals surface area contributed by atoms with E-state index >= 15 is 0 Å². The van der Waals surface area contributed by atoms with Gasteiger partial charge in [-0.2, -0.15) is 0 Å². The zero-order valence-electron chi connectivity index (χ0n) is 20.4. The summed E-state index contributed by atoms with van der Waals surface area (Å²) in [6, 6.07) is 3.22. The third-order valence-electron chi connectivity index (χ3n) is 7.49. The number of Topliss-reactive ketones (excluding diaryl/α,β-unsaturated/α-hetero) is 2. The lowest BCUT2D eigenvalue weighted by Gasteiger charge is -2.50. The first-order chi connectivity index (χ1) is 17.5. The van der Waals surface area contributed by atoms with Crippen molar-refractivity contribution in [1.29, 1.82) is 0 Å². The number of phenolic OH excluding ortho intramolecular Hbond substituents is 1. The van der Waals surface area contributed by atoms with E-state index < -0.39 is 76.0 Å². The zero-order chi connectivity index (χ0) is 27.2. The maximum atomic E-state index is 13.6. The van der Waals surface area contributed by atoms with Crippen molar-refractivity contribution in [2.24, 2.45) is 17.6 Å². The second-order valence-electron chi connectivity index (χ2n) is 9.44. The Morgan fingerprint density at radius 1 is 1.19 bits per heavy atom. The lowest BCUT2D eigenvalue weighted by Crippen LogP contribution is -2.63. The van der Waals surface area contributed by atoms with Gasteiger partial charge in [-0.15, -0.1) is 0 Å². The fourth-order valence-electron chi connectivity index (χ4n) is 5.64. The topological polar surface area (TPSA) is 209 Å². The van der Waals surface area contributed by atoms with Crippen molar-refractivity contribution < 1.29 is 49.4 Å². The molecule has 37 heavy (non-hydrogen) atoms. The summed E-state index contributed by atoms with van der Waals surface area (Å²) in [4.78, 5) is 37.9. The number of hydrogen-bond acceptors (Lipinski definition) is 11. The Hall–Kier alpha value is -3.45. The largest absolute Gasteiger partial charge is 0.508 e. The number of carbonyl (C=O) groups excluding carboxylic acids is 3. The molecule has 0 bridgehead atoms. The van der Waals surface area contributed by atoms with Crippen molar-refractivity contribution in [2.45, 2.75) is 31.0 Å². The highest BCUT2D eigenvalue weighted by Crippen LogP contribution is 2.56. The van der Waals surface area contributed by atoms with Gasteiger partial charge in [0.1, 0.15) is 22.8 Å². The highest BCUT2D eigenvalue weighted by Gasteiger charge is 2.64. The van der Waals surface area contributed by atoms with E-state index in [1.165, 1.54) is 0 Å². The SMILES string of the molecule is COCCOCCNc1ccc2c(c1O)C(O)=C1C(=O)C3(O)C(O)=C(C(N)=O)C(=O)CC3C(O)C1C2C. The van der Waals surface area contributed by atoms with E-state index in [-0.39, 0.29) is 17.0 Å². The van der Waals surface area contributed by atoms with Gasteiger partial charge < -0.3 is 46.1 Å². The molecule has 12 heteroatoms. The van der Waals surface area contributed by atoms with Gasteiger partial charge in [0.05, 0.1) is 37.2 Å². The molecule has 0 saturated heterocycles. The maximum Gasteiger partial charge on any atom is 0.255 e. The summed E-state index contributed by atoms with van der Waals surface area (Å²) < 4.78 is 10.3. The van der Waals surface area contributed by atoms with Crippen LogP contribution in [0.3, 0.4) is 0 Å². The molecule has 4 rings (SSSR count). The molecule has 1 aromatic rings. The smallest absolute Gasteiger partial charge is 0.255 e. The molecule has 1 aromatic carbocycles. The Morgan fingerprint density at radius 2 is 1.89 bits per heavy atom. The Morgan fingerprint density at radius 3 is 2.54 bits per heavy atom. The second kappa shape index (κ2) is 9.78. The highest BCUT2D eigenvalue weighted by atomic mass is 16.5. The van der Waals surface area contributed by atoms with Crippen molar-refractivity contribution in [3.05, 3.63) is 40.2 Å². The number of benzene rings is 1. The molecule has 1 fully saturated rings. The zero-order valence-corrected chi connectivity index (χ0v) is 20.4. The van der Waals surface area contributed by atoms with Gasteiger partial charge in [-0.05, 0) is 17.5 Å². The molecule has 1 amide bonds. The summed E-state index contributed by atoms with van der Waals surface area (Å²) in [6.45, 7) is 3.10. The van der Waals surface area contributed by atoms with Crippen LogP contribution >= 0.6 is 0 Å². The van der Waals surface area contributed by atoms with Gasteiger partial charge in [0.2, 0.25) is 5.78 Å². The van der Waals surface area contributed by atoms with Crippen molar-refractivity contribution in [3.63, 3.8) is 0 Å². The standard InChI is InChI=1S/C25H30N2O10/c1-10-11-3-4-13(27-5-6-37-8-7-36-2)20(30)16(11)21(31)18-15(10)19(29)12-9-14(28)17(24(26)34)22(32)25(12,35)23(18)33/h3-4,10,12,15,19,27,29-32,35H,5-9H2,1-2H3,(H2,26,34). The molecule has 0 aliphatic heterocycles. The van der Waals surface area contributed by atoms with Crippen molar-refractivity contribution >= 4 is 28.9 Å². The number of rotatable bonds is 8. The van der Waals surface area contributed by atoms with Gasteiger partial charge in [0, 0.05) is 37.5 Å². The summed E-state index contributed by atoms with van der Waals surface area (Å²) in [5, 5.41) is 58.4. The molecule has 200 valence electrons. The number of methoxy groups -OCH3 is 1. The molecule has 5 atom stereocenters. The number of amides is 1. The minimum atomic E-state index is -2.86. The Bertz CT molecular complexity index is 1220. The van der Waals surface area contributed by atoms with Gasteiger partial charge in [0.15, 0.2) is 11.4 Å². The first-order valence-electron chi connectivity index (χ1n) is 11.8. The molecule has 3 aliphatic carbocycles. The number of nitrogens with one attached hydrogen (secondary N) is 1. The summed E-state index contributed by atoms with van der Waals surface area (Å²) in [6.07, 6.45) is -2.18. The number of ether oxygens (including phenoxy) is 2. The minimum Gasteiger partial charge on any atom is -0.508 e. The second-order valence-corrected chi connectivity index (χ2v) is 9.44. The lowest BCUT2D eigenvalue weighted by atomic mass is 9.55. The van der Waals surface area contributed by atoms with E-state index in [4.69, 9.17) is 15.2 Å². The first-order valence-corrected chi connectivity index (χ1v) is 11.8. The first kappa shape index (κ1) is 26.6. The lowest BCUT2D eigenvalue weighted by molar-refractivity contribution is -0.160. The number of phenols is 1. The Labute approximate surface area is 212 Å². The molecule has 0 spiro atoms. The van der Waals surface area contributed by atoms with Crippen LogP contribution in [-0.2, 0) is 23.9 Å². The van der Waals surface area contributed by atoms with Gasteiger partial charge in [-0.1, -0.05) is 13.0 Å². The molecule has 0 aromatic heterocycles. The molecule has 3 aliphatic rings. The van der Waals surface area contributed by atoms with Crippen LogP contribution in [0.25, 0.3) is 5.76 Å². The van der Waals surface area contributed by atoms with E-state index in [1.54, 1.807) is 26.2 Å². The number of aromatic hydroxyl groups is 1. The molecule has 1 saturated carbocycles.